The number of benzene rings is 2. The lowest BCUT2D eigenvalue weighted by Gasteiger charge is -2.62. The smallest absolute Gasteiger partial charge is 0.0287 e. The highest BCUT2D eigenvalue weighted by Gasteiger charge is 2.59. The summed E-state index contributed by atoms with van der Waals surface area (Å²) in [5.41, 5.74) is 18.2. The summed E-state index contributed by atoms with van der Waals surface area (Å²) in [5.74, 6) is 7.50. The molecule has 0 spiro atoms. The average molecular weight is 555 g/mol. The summed E-state index contributed by atoms with van der Waals surface area (Å²) in [7, 11) is 0. The second-order valence-electron chi connectivity index (χ2n) is 14.6. The van der Waals surface area contributed by atoms with Crippen molar-refractivity contribution < 1.29 is 0 Å². The van der Waals surface area contributed by atoms with E-state index in [9.17, 15) is 0 Å². The zero-order valence-electron chi connectivity index (χ0n) is 27.9. The molecule has 0 nitrogen and oxygen atoms in total. The Labute approximate surface area is 256 Å². The molecule has 0 amide bonds. The van der Waals surface area contributed by atoms with Gasteiger partial charge in [-0.1, -0.05) is 102 Å². The van der Waals surface area contributed by atoms with E-state index in [0.29, 0.717) is 5.92 Å². The zero-order chi connectivity index (χ0) is 30.9. The van der Waals surface area contributed by atoms with Crippen LogP contribution in [0.15, 0.2) is 83.5 Å². The highest BCUT2D eigenvalue weighted by molar-refractivity contribution is 5.88. The third-order valence-electron chi connectivity index (χ3n) is 11.3. The second-order valence-corrected chi connectivity index (χ2v) is 14.6. The van der Waals surface area contributed by atoms with E-state index in [0.717, 1.165) is 42.4 Å². The maximum Gasteiger partial charge on any atom is 0.0287 e. The van der Waals surface area contributed by atoms with Gasteiger partial charge in [-0.15, -0.1) is 0 Å². The van der Waals surface area contributed by atoms with Gasteiger partial charge < -0.3 is 0 Å². The van der Waals surface area contributed by atoms with Gasteiger partial charge in [0, 0.05) is 16.5 Å². The van der Waals surface area contributed by atoms with Gasteiger partial charge >= 0.3 is 0 Å². The summed E-state index contributed by atoms with van der Waals surface area (Å²) in [6, 6.07) is 11.0. The van der Waals surface area contributed by atoms with Crippen molar-refractivity contribution in [1.29, 1.82) is 0 Å². The molecule has 0 heteroatoms. The van der Waals surface area contributed by atoms with E-state index in [4.69, 9.17) is 13.2 Å². The normalized spacial score (nSPS) is 26.9. The van der Waals surface area contributed by atoms with Crippen molar-refractivity contribution in [3.8, 4) is 11.8 Å². The largest absolute Gasteiger partial charge is 0.0955 e. The van der Waals surface area contributed by atoms with Gasteiger partial charge in [0.2, 0.25) is 0 Å². The monoisotopic (exact) mass is 554 g/mol. The molecule has 0 bridgehead atoms. The lowest BCUT2D eigenvalue weighted by atomic mass is 9.41. The van der Waals surface area contributed by atoms with Gasteiger partial charge in [-0.25, -0.2) is 0 Å². The van der Waals surface area contributed by atoms with Crippen molar-refractivity contribution in [2.45, 2.75) is 101 Å². The van der Waals surface area contributed by atoms with Gasteiger partial charge in [-0.3, -0.25) is 0 Å². The molecule has 0 heterocycles. The van der Waals surface area contributed by atoms with E-state index in [2.05, 4.69) is 118 Å². The summed E-state index contributed by atoms with van der Waals surface area (Å²) in [4.78, 5) is 0. The molecule has 0 aromatic heterocycles. The van der Waals surface area contributed by atoms with Crippen LogP contribution in [0.5, 0.6) is 0 Å². The van der Waals surface area contributed by atoms with Crippen LogP contribution < -0.4 is 0 Å². The van der Waals surface area contributed by atoms with Crippen LogP contribution in [-0.2, 0) is 12.8 Å². The number of aryl methyl sites for hydroxylation is 1. The summed E-state index contributed by atoms with van der Waals surface area (Å²) in [6.07, 6.45) is 4.26. The maximum atomic E-state index is 4.90. The predicted octanol–water partition coefficient (Wildman–Crippen LogP) is 11.2. The molecular formula is C42H50. The molecule has 3 aliphatic rings. The van der Waals surface area contributed by atoms with E-state index in [-0.39, 0.29) is 16.2 Å². The molecule has 2 aromatic rings. The fourth-order valence-electron chi connectivity index (χ4n) is 9.28. The first-order chi connectivity index (χ1) is 19.6. The Balaban J connectivity index is 1.73. The number of hydrogen-bond acceptors (Lipinski definition) is 0. The summed E-state index contributed by atoms with van der Waals surface area (Å²) >= 11 is 0. The molecule has 0 unspecified atom stereocenters. The average Bonchev–Trinajstić information content (AvgIpc) is 2.89. The maximum absolute atomic E-state index is 4.90. The zero-order valence-corrected chi connectivity index (χ0v) is 27.9. The van der Waals surface area contributed by atoms with Crippen LogP contribution in [-0.4, -0.2) is 0 Å². The third kappa shape index (κ3) is 4.27. The van der Waals surface area contributed by atoms with Crippen molar-refractivity contribution in [2.24, 2.45) is 16.2 Å². The van der Waals surface area contributed by atoms with E-state index in [1.807, 2.05) is 0 Å². The van der Waals surface area contributed by atoms with Crippen LogP contribution in [0.4, 0.5) is 0 Å². The molecule has 0 saturated heterocycles. The molecule has 218 valence electrons. The molecular weight excluding hydrogens is 504 g/mol. The van der Waals surface area contributed by atoms with Crippen molar-refractivity contribution in [3.63, 3.8) is 0 Å². The molecule has 5 rings (SSSR count). The van der Waals surface area contributed by atoms with Crippen LogP contribution in [0.3, 0.4) is 0 Å². The molecule has 0 N–H and O–H groups in total. The first-order valence-corrected chi connectivity index (χ1v) is 15.8. The minimum Gasteiger partial charge on any atom is -0.0955 e. The summed E-state index contributed by atoms with van der Waals surface area (Å²) in [5, 5.41) is 0. The molecule has 0 aliphatic heterocycles. The Bertz CT molecular complexity index is 1680. The Kier molecular flexibility index (Phi) is 7.30. The minimum absolute atomic E-state index is 0.0214. The number of allylic oxidation sites excluding steroid dienone is 7. The first kappa shape index (κ1) is 30.2. The molecule has 42 heavy (non-hydrogen) atoms. The standard InChI is InChI=1S/C42H50/c1-14-32-16-15-17-33(20-32)18-19-34-21-35(25(2)3)36-23-40(11)24-41(12)22-27(6)37(26(4)5)30(9)42(41,13)31(10)39(40)29(8)38(36)28(34)7/h15-17,20-21,25H,4,8-9,14,22-24H2,1-3,5-7,10-13H3/t40-,41+,42-/m1/s1. The number of rotatable bonds is 3. The van der Waals surface area contributed by atoms with E-state index < -0.39 is 0 Å². The summed E-state index contributed by atoms with van der Waals surface area (Å²) in [6.45, 7) is 37.5. The minimum atomic E-state index is -0.146. The first-order valence-electron chi connectivity index (χ1n) is 15.8. The molecule has 0 fully saturated rings. The molecule has 3 aliphatic carbocycles. The Morgan fingerprint density at radius 3 is 2.31 bits per heavy atom. The Morgan fingerprint density at radius 1 is 1.00 bits per heavy atom. The third-order valence-corrected chi connectivity index (χ3v) is 11.3. The fourth-order valence-corrected chi connectivity index (χ4v) is 9.28. The van der Waals surface area contributed by atoms with Crippen LogP contribution in [0.1, 0.15) is 120 Å². The Morgan fingerprint density at radius 2 is 1.69 bits per heavy atom. The van der Waals surface area contributed by atoms with E-state index in [1.54, 1.807) is 0 Å². The lowest BCUT2D eigenvalue weighted by Crippen LogP contribution is -2.52. The number of hydrogen-bond donors (Lipinski definition) is 0. The van der Waals surface area contributed by atoms with Crippen molar-refractivity contribution >= 4 is 5.57 Å². The van der Waals surface area contributed by atoms with Crippen LogP contribution in [0, 0.1) is 35.0 Å². The molecule has 2 aromatic carbocycles. The van der Waals surface area contributed by atoms with Crippen molar-refractivity contribution in [3.05, 3.63) is 122 Å². The Hall–Kier alpha value is -3.30. The highest BCUT2D eigenvalue weighted by Crippen LogP contribution is 2.70. The van der Waals surface area contributed by atoms with Crippen molar-refractivity contribution in [2.75, 3.05) is 0 Å². The topological polar surface area (TPSA) is 0 Å². The SMILES string of the molecule is C=C(C)C1=C(C)C[C@@]2(C)C[C@@]3(C)Cc4c(C(C)C)cc(C#Cc5cccc(CC)c5)c(C)c4C(=C)C3=C(C)[C@@]2(C)C1=C. The van der Waals surface area contributed by atoms with E-state index in [1.165, 1.54) is 61.3 Å². The molecule has 3 atom stereocenters. The van der Waals surface area contributed by atoms with E-state index >= 15 is 0 Å². The van der Waals surface area contributed by atoms with Gasteiger partial charge in [0.15, 0.2) is 0 Å². The number of fused-ring (bicyclic) bond motifs is 3. The van der Waals surface area contributed by atoms with Gasteiger partial charge in [0.05, 0.1) is 0 Å². The fraction of sp³-hybridized carbons (Fsp3) is 0.429. The predicted molar refractivity (Wildman–Crippen MR) is 183 cm³/mol. The van der Waals surface area contributed by atoms with Crippen LogP contribution in [0.25, 0.3) is 5.57 Å². The quantitative estimate of drug-likeness (QED) is 0.331. The lowest BCUT2D eigenvalue weighted by molar-refractivity contribution is 0.0543. The van der Waals surface area contributed by atoms with Gasteiger partial charge in [-0.2, -0.15) is 0 Å². The van der Waals surface area contributed by atoms with Gasteiger partial charge in [-0.05, 0) is 138 Å². The summed E-state index contributed by atoms with van der Waals surface area (Å²) < 4.78 is 0. The molecule has 0 saturated carbocycles. The van der Waals surface area contributed by atoms with Crippen molar-refractivity contribution in [1.82, 2.24) is 0 Å². The molecule has 0 radical (unpaired) electrons. The van der Waals surface area contributed by atoms with Gasteiger partial charge in [0.25, 0.3) is 0 Å². The van der Waals surface area contributed by atoms with Crippen LogP contribution >= 0.6 is 0 Å². The highest BCUT2D eigenvalue weighted by atomic mass is 14.6. The van der Waals surface area contributed by atoms with Crippen LogP contribution in [0.2, 0.25) is 0 Å². The van der Waals surface area contributed by atoms with Gasteiger partial charge in [0.1, 0.15) is 0 Å². The second kappa shape index (κ2) is 10.2.